The fraction of sp³-hybridized carbons (Fsp3) is 0.367. The monoisotopic (exact) mass is 520 g/mol. The number of aliphatic carboxylic acids is 1. The topological polar surface area (TPSA) is 71.0 Å². The molecule has 1 aliphatic carbocycles. The van der Waals surface area contributed by atoms with Gasteiger partial charge in [0.1, 0.15) is 18.1 Å². The first-order valence-corrected chi connectivity index (χ1v) is 13.2. The Morgan fingerprint density at radius 2 is 1.73 bits per heavy atom. The molecule has 0 radical (unpaired) electrons. The average molecular weight is 521 g/mol. The van der Waals surface area contributed by atoms with Crippen molar-refractivity contribution >= 4 is 17.6 Å². The Bertz CT molecular complexity index is 1190. The molecule has 2 N–H and O–H groups in total. The molecule has 3 aromatic carbocycles. The van der Waals surface area contributed by atoms with E-state index < -0.39 is 12.1 Å². The summed E-state index contributed by atoms with van der Waals surface area (Å²) in [5, 5.41) is 14.0. The van der Waals surface area contributed by atoms with E-state index in [1.807, 2.05) is 61.5 Å². The molecule has 0 spiro atoms. The quantitative estimate of drug-likeness (QED) is 0.334. The first kappa shape index (κ1) is 25.6. The number of carbonyl (C=O) groups is 1. The predicted octanol–water partition coefficient (Wildman–Crippen LogP) is 4.82. The van der Waals surface area contributed by atoms with Gasteiger partial charge < -0.3 is 19.9 Å². The summed E-state index contributed by atoms with van der Waals surface area (Å²) in [6.45, 7) is 6.61. The number of carboxylic acid groups (broad SMARTS) is 1. The first-order valence-electron chi connectivity index (χ1n) is 12.8. The summed E-state index contributed by atoms with van der Waals surface area (Å²) in [6, 6.07) is 23.7. The lowest BCUT2D eigenvalue weighted by Gasteiger charge is -2.20. The van der Waals surface area contributed by atoms with Gasteiger partial charge in [0.2, 0.25) is 0 Å². The molecule has 4 atom stereocenters. The van der Waals surface area contributed by atoms with Crippen LogP contribution in [-0.2, 0) is 17.8 Å². The van der Waals surface area contributed by atoms with Crippen LogP contribution in [-0.4, -0.2) is 54.4 Å². The minimum absolute atomic E-state index is 0.282. The molecule has 5 rings (SSSR count). The molecule has 6 nitrogen and oxygen atoms in total. The van der Waals surface area contributed by atoms with E-state index in [4.69, 9.17) is 21.1 Å². The van der Waals surface area contributed by atoms with Gasteiger partial charge in [-0.1, -0.05) is 48.0 Å². The number of ether oxygens (including phenoxy) is 2. The highest BCUT2D eigenvalue weighted by Crippen LogP contribution is 2.45. The maximum atomic E-state index is 11.7. The predicted molar refractivity (Wildman–Crippen MR) is 144 cm³/mol. The van der Waals surface area contributed by atoms with Crippen molar-refractivity contribution in [3.05, 3.63) is 94.5 Å². The SMILES string of the molecule is Cc1cccc(O[C@@H](Cc2ccc(OCCN[C@H]3C4CN(Cc5ccc(Cl)cc5)C[C@@H]43)cc2)C(=O)O)c1. The molecule has 194 valence electrons. The Labute approximate surface area is 223 Å². The zero-order chi connectivity index (χ0) is 25.8. The van der Waals surface area contributed by atoms with Gasteiger partial charge in [-0.2, -0.15) is 0 Å². The summed E-state index contributed by atoms with van der Waals surface area (Å²) in [4.78, 5) is 14.2. The third kappa shape index (κ3) is 6.83. The Balaban J connectivity index is 1.00. The number of nitrogens with one attached hydrogen (secondary N) is 1. The Kier molecular flexibility index (Phi) is 7.99. The summed E-state index contributed by atoms with van der Waals surface area (Å²) in [7, 11) is 0. The van der Waals surface area contributed by atoms with Crippen LogP contribution in [0.5, 0.6) is 11.5 Å². The molecular formula is C30H33ClN2O4. The van der Waals surface area contributed by atoms with Crippen molar-refractivity contribution < 1.29 is 19.4 Å². The normalized spacial score (nSPS) is 21.3. The molecule has 1 unspecified atom stereocenters. The minimum atomic E-state index is -0.981. The van der Waals surface area contributed by atoms with Gasteiger partial charge >= 0.3 is 5.97 Å². The number of likely N-dealkylation sites (tertiary alicyclic amines) is 1. The van der Waals surface area contributed by atoms with Crippen LogP contribution >= 0.6 is 11.6 Å². The second-order valence-electron chi connectivity index (χ2n) is 10.1. The maximum absolute atomic E-state index is 11.7. The van der Waals surface area contributed by atoms with Crippen molar-refractivity contribution in [2.24, 2.45) is 11.8 Å². The van der Waals surface area contributed by atoms with Crippen LogP contribution in [0.1, 0.15) is 16.7 Å². The van der Waals surface area contributed by atoms with E-state index >= 15 is 0 Å². The third-order valence-electron chi connectivity index (χ3n) is 7.23. The van der Waals surface area contributed by atoms with Crippen LogP contribution in [0.15, 0.2) is 72.8 Å². The largest absolute Gasteiger partial charge is 0.492 e. The lowest BCUT2D eigenvalue weighted by Crippen LogP contribution is -2.33. The van der Waals surface area contributed by atoms with Gasteiger partial charge in [-0.15, -0.1) is 0 Å². The highest BCUT2D eigenvalue weighted by Gasteiger charge is 2.55. The minimum Gasteiger partial charge on any atom is -0.492 e. The smallest absolute Gasteiger partial charge is 0.345 e. The highest BCUT2D eigenvalue weighted by molar-refractivity contribution is 6.30. The zero-order valence-electron chi connectivity index (χ0n) is 21.0. The zero-order valence-corrected chi connectivity index (χ0v) is 21.7. The van der Waals surface area contributed by atoms with Crippen LogP contribution in [0.4, 0.5) is 0 Å². The van der Waals surface area contributed by atoms with Crippen molar-refractivity contribution in [1.82, 2.24) is 10.2 Å². The van der Waals surface area contributed by atoms with Gasteiger partial charge in [0, 0.05) is 43.7 Å². The number of benzene rings is 3. The third-order valence-corrected chi connectivity index (χ3v) is 7.48. The van der Waals surface area contributed by atoms with Crippen LogP contribution < -0.4 is 14.8 Å². The average Bonchev–Trinajstić information content (AvgIpc) is 3.33. The molecule has 0 amide bonds. The number of carboxylic acids is 1. The van der Waals surface area contributed by atoms with E-state index in [2.05, 4.69) is 22.3 Å². The van der Waals surface area contributed by atoms with E-state index in [0.717, 1.165) is 59.9 Å². The summed E-state index contributed by atoms with van der Waals surface area (Å²) < 4.78 is 11.6. The number of nitrogens with zero attached hydrogens (tertiary/aromatic N) is 1. The van der Waals surface area contributed by atoms with Crippen molar-refractivity contribution in [2.45, 2.75) is 32.0 Å². The molecule has 37 heavy (non-hydrogen) atoms. The molecular weight excluding hydrogens is 488 g/mol. The second kappa shape index (κ2) is 11.5. The molecule has 7 heteroatoms. The molecule has 1 saturated heterocycles. The molecule has 0 aromatic heterocycles. The fourth-order valence-corrected chi connectivity index (χ4v) is 5.38. The van der Waals surface area contributed by atoms with Crippen LogP contribution in [0.25, 0.3) is 0 Å². The molecule has 2 aliphatic rings. The summed E-state index contributed by atoms with van der Waals surface area (Å²) in [5.74, 6) is 1.83. The number of aryl methyl sites for hydroxylation is 1. The molecule has 2 fully saturated rings. The molecule has 1 aliphatic heterocycles. The number of piperidine rings is 1. The van der Waals surface area contributed by atoms with Crippen molar-refractivity contribution in [3.8, 4) is 11.5 Å². The van der Waals surface area contributed by atoms with Gasteiger partial charge in [-0.3, -0.25) is 4.90 Å². The second-order valence-corrected chi connectivity index (χ2v) is 10.5. The lowest BCUT2D eigenvalue weighted by atomic mass is 10.1. The van der Waals surface area contributed by atoms with Crippen molar-refractivity contribution in [2.75, 3.05) is 26.2 Å². The first-order chi connectivity index (χ1) is 17.9. The number of hydrogen-bond donors (Lipinski definition) is 2. The van der Waals surface area contributed by atoms with Crippen LogP contribution in [0.3, 0.4) is 0 Å². The van der Waals surface area contributed by atoms with E-state index in [9.17, 15) is 9.90 Å². The van der Waals surface area contributed by atoms with Crippen LogP contribution in [0.2, 0.25) is 5.02 Å². The van der Waals surface area contributed by atoms with Gasteiger partial charge in [0.15, 0.2) is 6.10 Å². The Morgan fingerprint density at radius 1 is 1.03 bits per heavy atom. The Morgan fingerprint density at radius 3 is 2.41 bits per heavy atom. The van der Waals surface area contributed by atoms with E-state index in [0.29, 0.717) is 18.4 Å². The highest BCUT2D eigenvalue weighted by atomic mass is 35.5. The number of hydrogen-bond acceptors (Lipinski definition) is 5. The molecule has 1 heterocycles. The molecule has 0 bridgehead atoms. The van der Waals surface area contributed by atoms with Gasteiger partial charge in [0.05, 0.1) is 0 Å². The van der Waals surface area contributed by atoms with E-state index in [-0.39, 0.29) is 6.42 Å². The summed E-state index contributed by atoms with van der Waals surface area (Å²) >= 11 is 5.99. The number of rotatable bonds is 12. The molecule has 3 aromatic rings. The fourth-order valence-electron chi connectivity index (χ4n) is 5.26. The standard InChI is InChI=1S/C30H33ClN2O4/c1-20-3-2-4-25(15-20)37-28(30(34)35)16-21-7-11-24(12-8-21)36-14-13-32-29-26-18-33(19-27(26)29)17-22-5-9-23(31)10-6-22/h2-12,15,26-29,32H,13-14,16-19H2,1H3,(H,34,35)/t26-,27?,28-,29+/m0/s1. The maximum Gasteiger partial charge on any atom is 0.345 e. The summed E-state index contributed by atoms with van der Waals surface area (Å²) in [6.07, 6.45) is -0.664. The van der Waals surface area contributed by atoms with Gasteiger partial charge in [0.25, 0.3) is 0 Å². The lowest BCUT2D eigenvalue weighted by molar-refractivity contribution is -0.145. The van der Waals surface area contributed by atoms with E-state index in [1.54, 1.807) is 6.07 Å². The number of halogens is 1. The van der Waals surface area contributed by atoms with Crippen molar-refractivity contribution in [3.63, 3.8) is 0 Å². The van der Waals surface area contributed by atoms with Gasteiger partial charge in [-0.25, -0.2) is 4.79 Å². The van der Waals surface area contributed by atoms with Crippen LogP contribution in [0, 0.1) is 18.8 Å². The Hall–Kier alpha value is -3.06. The molecule has 1 saturated carbocycles. The summed E-state index contributed by atoms with van der Waals surface area (Å²) in [5.41, 5.74) is 3.23. The number of fused-ring (bicyclic) bond motifs is 1. The van der Waals surface area contributed by atoms with Crippen molar-refractivity contribution in [1.29, 1.82) is 0 Å². The van der Waals surface area contributed by atoms with Gasteiger partial charge in [-0.05, 0) is 71.8 Å². The van der Waals surface area contributed by atoms with E-state index in [1.165, 1.54) is 5.56 Å².